The fourth-order valence-electron chi connectivity index (χ4n) is 4.71. The van der Waals surface area contributed by atoms with Gasteiger partial charge in [0.05, 0.1) is 0 Å². The molecule has 0 amide bonds. The highest BCUT2D eigenvalue weighted by atomic mass is 28.4. The third kappa shape index (κ3) is 7.25. The van der Waals surface area contributed by atoms with Crippen molar-refractivity contribution >= 4 is 20.3 Å². The van der Waals surface area contributed by atoms with Crippen LogP contribution in [0.1, 0.15) is 85.5 Å². The molecule has 0 N–H and O–H groups in total. The minimum Gasteiger partial charge on any atom is -0.458 e. The van der Waals surface area contributed by atoms with Crippen LogP contribution < -0.4 is 0 Å². The molecule has 2 unspecified atom stereocenters. The first-order valence-corrected chi connectivity index (χ1v) is 14.2. The van der Waals surface area contributed by atoms with Crippen molar-refractivity contribution in [3.05, 3.63) is 11.6 Å². The normalized spacial score (nSPS) is 21.2. The standard InChI is InChI=1S/C23H40O5Si/c1-5-29(6-2,7-3)28-23-20(17-22(25)27-23)21(26-18(4)24)16-10-8-9-13-19-14-11-12-15-19/h17,19,21,23H,5-16H2,1-4H3. The van der Waals surface area contributed by atoms with Crippen molar-refractivity contribution in [2.45, 2.75) is 116 Å². The van der Waals surface area contributed by atoms with E-state index in [2.05, 4.69) is 20.8 Å². The minimum absolute atomic E-state index is 0.329. The Morgan fingerprint density at radius 1 is 1.14 bits per heavy atom. The van der Waals surface area contributed by atoms with E-state index < -0.39 is 26.7 Å². The zero-order chi connectivity index (χ0) is 21.3. The van der Waals surface area contributed by atoms with Crippen molar-refractivity contribution in [3.8, 4) is 0 Å². The minimum atomic E-state index is -1.96. The van der Waals surface area contributed by atoms with E-state index in [1.54, 1.807) is 0 Å². The van der Waals surface area contributed by atoms with Gasteiger partial charge in [-0.1, -0.05) is 65.7 Å². The quantitative estimate of drug-likeness (QED) is 0.209. The van der Waals surface area contributed by atoms with E-state index in [9.17, 15) is 9.59 Å². The summed E-state index contributed by atoms with van der Waals surface area (Å²) in [6, 6.07) is 2.92. The smallest absolute Gasteiger partial charge is 0.333 e. The molecule has 0 aromatic rings. The van der Waals surface area contributed by atoms with E-state index in [1.807, 2.05) is 0 Å². The Morgan fingerprint density at radius 2 is 1.79 bits per heavy atom. The highest BCUT2D eigenvalue weighted by Crippen LogP contribution is 2.33. The van der Waals surface area contributed by atoms with Crippen LogP contribution in [-0.4, -0.2) is 32.6 Å². The summed E-state index contributed by atoms with van der Waals surface area (Å²) < 4.78 is 17.5. The molecule has 1 fully saturated rings. The number of unbranched alkanes of at least 4 members (excludes halogenated alkanes) is 2. The van der Waals surface area contributed by atoms with Crippen molar-refractivity contribution in [3.63, 3.8) is 0 Å². The second-order valence-electron chi connectivity index (χ2n) is 8.66. The molecular formula is C23H40O5Si. The zero-order valence-corrected chi connectivity index (χ0v) is 19.8. The summed E-state index contributed by atoms with van der Waals surface area (Å²) in [6.45, 7) is 7.86. The molecule has 166 valence electrons. The van der Waals surface area contributed by atoms with Gasteiger partial charge in [-0.15, -0.1) is 0 Å². The van der Waals surface area contributed by atoms with E-state index in [0.29, 0.717) is 12.0 Å². The van der Waals surface area contributed by atoms with Gasteiger partial charge in [0.25, 0.3) is 0 Å². The van der Waals surface area contributed by atoms with Crippen LogP contribution in [0.25, 0.3) is 0 Å². The summed E-state index contributed by atoms with van der Waals surface area (Å²) in [4.78, 5) is 23.7. The lowest BCUT2D eigenvalue weighted by Crippen LogP contribution is -2.42. The third-order valence-electron chi connectivity index (χ3n) is 6.80. The lowest BCUT2D eigenvalue weighted by atomic mass is 9.97. The van der Waals surface area contributed by atoms with Gasteiger partial charge in [0.1, 0.15) is 6.10 Å². The summed E-state index contributed by atoms with van der Waals surface area (Å²) in [5, 5.41) is 0. The Bertz CT molecular complexity index is 555. The molecule has 1 heterocycles. The van der Waals surface area contributed by atoms with Gasteiger partial charge in [-0.25, -0.2) is 4.79 Å². The molecule has 5 nitrogen and oxygen atoms in total. The molecule has 2 aliphatic rings. The van der Waals surface area contributed by atoms with E-state index in [0.717, 1.165) is 36.9 Å². The molecule has 29 heavy (non-hydrogen) atoms. The van der Waals surface area contributed by atoms with Crippen molar-refractivity contribution < 1.29 is 23.5 Å². The topological polar surface area (TPSA) is 61.8 Å². The monoisotopic (exact) mass is 424 g/mol. The molecule has 0 aromatic carbocycles. The van der Waals surface area contributed by atoms with Crippen LogP contribution in [0.2, 0.25) is 18.1 Å². The molecular weight excluding hydrogens is 384 g/mol. The Kier molecular flexibility index (Phi) is 9.90. The Hall–Kier alpha value is -1.14. The van der Waals surface area contributed by atoms with Gasteiger partial charge in [0, 0.05) is 18.6 Å². The first-order chi connectivity index (χ1) is 13.9. The second-order valence-corrected chi connectivity index (χ2v) is 13.4. The molecule has 0 spiro atoms. The lowest BCUT2D eigenvalue weighted by Gasteiger charge is -2.33. The predicted octanol–water partition coefficient (Wildman–Crippen LogP) is 5.89. The van der Waals surface area contributed by atoms with Crippen LogP contribution in [0, 0.1) is 5.92 Å². The highest BCUT2D eigenvalue weighted by Gasteiger charge is 2.40. The predicted molar refractivity (Wildman–Crippen MR) is 117 cm³/mol. The maximum absolute atomic E-state index is 12.0. The van der Waals surface area contributed by atoms with Gasteiger partial charge in [-0.3, -0.25) is 4.79 Å². The highest BCUT2D eigenvalue weighted by molar-refractivity contribution is 6.73. The van der Waals surface area contributed by atoms with Crippen LogP contribution in [0.5, 0.6) is 0 Å². The maximum Gasteiger partial charge on any atom is 0.333 e. The molecule has 1 saturated carbocycles. The van der Waals surface area contributed by atoms with Crippen LogP contribution in [0.15, 0.2) is 11.6 Å². The molecule has 6 heteroatoms. The van der Waals surface area contributed by atoms with Gasteiger partial charge in [-0.05, 0) is 36.9 Å². The zero-order valence-electron chi connectivity index (χ0n) is 18.8. The lowest BCUT2D eigenvalue weighted by molar-refractivity contribution is -0.152. The van der Waals surface area contributed by atoms with Crippen molar-refractivity contribution in [1.82, 2.24) is 0 Å². The number of hydrogen-bond donors (Lipinski definition) is 0. The molecule has 0 aromatic heterocycles. The summed E-state index contributed by atoms with van der Waals surface area (Å²) in [6.07, 6.45) is 11.3. The summed E-state index contributed by atoms with van der Waals surface area (Å²) in [5.41, 5.74) is 0.688. The molecule has 0 radical (unpaired) electrons. The largest absolute Gasteiger partial charge is 0.458 e. The van der Waals surface area contributed by atoms with E-state index in [-0.39, 0.29) is 5.97 Å². The molecule has 0 saturated heterocycles. The van der Waals surface area contributed by atoms with E-state index >= 15 is 0 Å². The van der Waals surface area contributed by atoms with Crippen LogP contribution in [-0.2, 0) is 23.5 Å². The number of esters is 2. The van der Waals surface area contributed by atoms with Crippen LogP contribution in [0.4, 0.5) is 0 Å². The second kappa shape index (κ2) is 11.9. The first kappa shape index (κ1) is 24.1. The van der Waals surface area contributed by atoms with Crippen molar-refractivity contribution in [2.24, 2.45) is 5.92 Å². The number of hydrogen-bond acceptors (Lipinski definition) is 5. The average molecular weight is 425 g/mol. The SMILES string of the molecule is CC[Si](CC)(CC)OC1OC(=O)C=C1C(CCCCCC1CCCC1)OC(C)=O. The van der Waals surface area contributed by atoms with E-state index in [1.165, 1.54) is 51.5 Å². The third-order valence-corrected chi connectivity index (χ3v) is 11.4. The van der Waals surface area contributed by atoms with Gasteiger partial charge in [-0.2, -0.15) is 0 Å². The van der Waals surface area contributed by atoms with Gasteiger partial charge in [0.15, 0.2) is 8.32 Å². The fraction of sp³-hybridized carbons (Fsp3) is 0.826. The molecule has 2 atom stereocenters. The van der Waals surface area contributed by atoms with Gasteiger partial charge in [0.2, 0.25) is 6.29 Å². The summed E-state index contributed by atoms with van der Waals surface area (Å²) >= 11 is 0. The molecule has 0 bridgehead atoms. The fourth-order valence-corrected chi connectivity index (χ4v) is 7.35. The Balaban J connectivity index is 1.95. The Morgan fingerprint density at radius 3 is 2.38 bits per heavy atom. The number of cyclic esters (lactones) is 1. The molecule has 1 aliphatic heterocycles. The van der Waals surface area contributed by atoms with Gasteiger partial charge >= 0.3 is 11.9 Å². The molecule has 2 rings (SSSR count). The first-order valence-electron chi connectivity index (χ1n) is 11.7. The summed E-state index contributed by atoms with van der Waals surface area (Å²) in [7, 11) is -1.96. The number of carbonyl (C=O) groups is 2. The average Bonchev–Trinajstić information content (AvgIpc) is 3.34. The van der Waals surface area contributed by atoms with Crippen molar-refractivity contribution in [2.75, 3.05) is 0 Å². The number of rotatable bonds is 13. The van der Waals surface area contributed by atoms with Crippen molar-refractivity contribution in [1.29, 1.82) is 0 Å². The summed E-state index contributed by atoms with van der Waals surface area (Å²) in [5.74, 6) is 0.190. The molecule has 1 aliphatic carbocycles. The van der Waals surface area contributed by atoms with Gasteiger partial charge < -0.3 is 13.9 Å². The van der Waals surface area contributed by atoms with Crippen LogP contribution in [0.3, 0.4) is 0 Å². The maximum atomic E-state index is 12.0. The number of ether oxygens (including phenoxy) is 2. The Labute approximate surface area is 177 Å². The van der Waals surface area contributed by atoms with Crippen LogP contribution >= 0.6 is 0 Å². The van der Waals surface area contributed by atoms with E-state index in [4.69, 9.17) is 13.9 Å². The number of carbonyl (C=O) groups excluding carboxylic acids is 2.